The second-order valence-corrected chi connectivity index (χ2v) is 9.13. The topological polar surface area (TPSA) is 106 Å². The van der Waals surface area contributed by atoms with Crippen LogP contribution in [0.15, 0.2) is 17.6 Å². The van der Waals surface area contributed by atoms with Crippen LogP contribution in [-0.4, -0.2) is 68.3 Å². The molecule has 0 radical (unpaired) electrons. The minimum absolute atomic E-state index is 0.183. The second-order valence-electron chi connectivity index (χ2n) is 9.13. The number of nitrogens with zero attached hydrogens (tertiary/aromatic N) is 5. The summed E-state index contributed by atoms with van der Waals surface area (Å²) >= 11 is 0. The number of rotatable bonds is 6. The molecule has 1 aliphatic rings. The number of hydrogen-bond acceptors (Lipinski definition) is 6. The van der Waals surface area contributed by atoms with Crippen molar-refractivity contribution >= 4 is 12.1 Å². The van der Waals surface area contributed by atoms with Crippen LogP contribution in [0.2, 0.25) is 0 Å². The molecule has 10 heteroatoms. The van der Waals surface area contributed by atoms with Crippen LogP contribution in [0.5, 0.6) is 0 Å². The second kappa shape index (κ2) is 9.67. The van der Waals surface area contributed by atoms with Gasteiger partial charge in [-0.05, 0) is 48.5 Å². The number of hydrogen-bond donors (Lipinski definition) is 2. The third kappa shape index (κ3) is 6.43. The fourth-order valence-corrected chi connectivity index (χ4v) is 3.41. The number of amides is 1. The summed E-state index contributed by atoms with van der Waals surface area (Å²) in [5, 5.41) is 14.7. The SMILES string of the molecule is C=CCNC(=NCc1nnc(C)n1C)NCC1C(C)OC(C)(C)N1C(=O)OC(C)(C)C. The van der Waals surface area contributed by atoms with Gasteiger partial charge >= 0.3 is 6.09 Å². The van der Waals surface area contributed by atoms with E-state index in [4.69, 9.17) is 9.47 Å². The van der Waals surface area contributed by atoms with Gasteiger partial charge in [-0.25, -0.2) is 9.79 Å². The molecule has 10 nitrogen and oxygen atoms in total. The Morgan fingerprint density at radius 1 is 1.35 bits per heavy atom. The van der Waals surface area contributed by atoms with Crippen LogP contribution < -0.4 is 10.6 Å². The minimum Gasteiger partial charge on any atom is -0.444 e. The van der Waals surface area contributed by atoms with Gasteiger partial charge in [0.05, 0.1) is 12.1 Å². The number of carbonyl (C=O) groups excluding carboxylic acids is 1. The number of ether oxygens (including phenoxy) is 2. The third-order valence-corrected chi connectivity index (χ3v) is 4.97. The molecule has 31 heavy (non-hydrogen) atoms. The van der Waals surface area contributed by atoms with E-state index in [0.717, 1.165) is 11.6 Å². The molecule has 1 aromatic heterocycles. The Morgan fingerprint density at radius 2 is 2.03 bits per heavy atom. The molecule has 0 saturated carbocycles. The molecule has 1 aromatic rings. The van der Waals surface area contributed by atoms with E-state index < -0.39 is 17.4 Å². The molecule has 0 spiro atoms. The molecule has 1 amide bonds. The Morgan fingerprint density at radius 3 is 2.58 bits per heavy atom. The molecule has 2 rings (SSSR count). The van der Waals surface area contributed by atoms with Crippen LogP contribution in [-0.2, 0) is 23.1 Å². The zero-order valence-corrected chi connectivity index (χ0v) is 20.0. The lowest BCUT2D eigenvalue weighted by Gasteiger charge is -2.35. The summed E-state index contributed by atoms with van der Waals surface area (Å²) in [4.78, 5) is 19.2. The molecule has 174 valence electrons. The van der Waals surface area contributed by atoms with E-state index >= 15 is 0 Å². The van der Waals surface area contributed by atoms with Crippen molar-refractivity contribution in [2.75, 3.05) is 13.1 Å². The highest BCUT2D eigenvalue weighted by Crippen LogP contribution is 2.33. The molecule has 0 bridgehead atoms. The van der Waals surface area contributed by atoms with Gasteiger partial charge in [-0.15, -0.1) is 16.8 Å². The molecule has 2 unspecified atom stereocenters. The van der Waals surface area contributed by atoms with Gasteiger partial charge in [0.25, 0.3) is 0 Å². The maximum Gasteiger partial charge on any atom is 0.412 e. The summed E-state index contributed by atoms with van der Waals surface area (Å²) in [6, 6.07) is -0.238. The number of aryl methyl sites for hydroxylation is 1. The molecule has 1 fully saturated rings. The van der Waals surface area contributed by atoms with Crippen molar-refractivity contribution in [2.45, 2.75) is 78.5 Å². The fourth-order valence-electron chi connectivity index (χ4n) is 3.41. The zero-order valence-electron chi connectivity index (χ0n) is 20.0. The van der Waals surface area contributed by atoms with Crippen molar-refractivity contribution in [2.24, 2.45) is 12.0 Å². The van der Waals surface area contributed by atoms with Gasteiger partial charge in [-0.1, -0.05) is 6.08 Å². The quantitative estimate of drug-likeness (QED) is 0.400. The first-order valence-corrected chi connectivity index (χ1v) is 10.5. The molecule has 1 saturated heterocycles. The maximum absolute atomic E-state index is 12.9. The van der Waals surface area contributed by atoms with Crippen molar-refractivity contribution in [3.63, 3.8) is 0 Å². The van der Waals surface area contributed by atoms with Crippen molar-refractivity contribution in [3.8, 4) is 0 Å². The molecular formula is C21H37N7O3. The van der Waals surface area contributed by atoms with Crippen LogP contribution in [0.4, 0.5) is 4.79 Å². The number of nitrogens with one attached hydrogen (secondary N) is 2. The van der Waals surface area contributed by atoms with Gasteiger partial charge in [0.15, 0.2) is 11.8 Å². The molecule has 1 aliphatic heterocycles. The lowest BCUT2D eigenvalue weighted by Crippen LogP contribution is -2.54. The highest BCUT2D eigenvalue weighted by Gasteiger charge is 2.49. The fraction of sp³-hybridized carbons (Fsp3) is 0.714. The highest BCUT2D eigenvalue weighted by molar-refractivity contribution is 5.80. The van der Waals surface area contributed by atoms with Gasteiger partial charge in [0, 0.05) is 20.1 Å². The summed E-state index contributed by atoms with van der Waals surface area (Å²) in [6.45, 7) is 18.2. The van der Waals surface area contributed by atoms with Gasteiger partial charge in [-0.3, -0.25) is 4.90 Å². The summed E-state index contributed by atoms with van der Waals surface area (Å²) in [5.41, 5.74) is -1.38. The first-order valence-electron chi connectivity index (χ1n) is 10.5. The standard InChI is InChI=1S/C21H37N7O3/c1-10-11-22-18(24-13-17-26-25-15(3)27(17)9)23-12-16-14(2)30-21(7,8)28(16)19(29)31-20(4,5)6/h10,14,16H,1,11-13H2,2-9H3,(H2,22,23,24). The van der Waals surface area contributed by atoms with E-state index in [-0.39, 0.29) is 12.1 Å². The molecule has 0 aliphatic carbocycles. The lowest BCUT2D eigenvalue weighted by molar-refractivity contribution is -0.0755. The Labute approximate surface area is 185 Å². The number of carbonyl (C=O) groups is 1. The van der Waals surface area contributed by atoms with E-state index in [1.54, 1.807) is 11.0 Å². The molecule has 2 atom stereocenters. The zero-order chi connectivity index (χ0) is 23.4. The first-order chi connectivity index (χ1) is 14.4. The van der Waals surface area contributed by atoms with Gasteiger partial charge in [0.1, 0.15) is 23.7 Å². The summed E-state index contributed by atoms with van der Waals surface area (Å²) in [6.07, 6.45) is 1.17. The van der Waals surface area contributed by atoms with Crippen LogP contribution in [0.3, 0.4) is 0 Å². The van der Waals surface area contributed by atoms with E-state index in [1.807, 2.05) is 60.1 Å². The summed E-state index contributed by atoms with van der Waals surface area (Å²) in [5.74, 6) is 2.17. The van der Waals surface area contributed by atoms with Crippen molar-refractivity contribution < 1.29 is 14.3 Å². The van der Waals surface area contributed by atoms with Crippen molar-refractivity contribution in [1.29, 1.82) is 0 Å². The van der Waals surface area contributed by atoms with E-state index in [2.05, 4.69) is 32.4 Å². The number of aliphatic imine (C=N–C) groups is 1. The molecule has 2 N–H and O–H groups in total. The van der Waals surface area contributed by atoms with Gasteiger partial charge in [-0.2, -0.15) is 0 Å². The Kier molecular flexibility index (Phi) is 7.69. The maximum atomic E-state index is 12.9. The van der Waals surface area contributed by atoms with Crippen molar-refractivity contribution in [1.82, 2.24) is 30.3 Å². The van der Waals surface area contributed by atoms with Crippen LogP contribution in [0.1, 0.15) is 53.2 Å². The van der Waals surface area contributed by atoms with Crippen LogP contribution in [0, 0.1) is 6.92 Å². The average Bonchev–Trinajstić information content (AvgIpc) is 3.07. The van der Waals surface area contributed by atoms with E-state index in [1.165, 1.54) is 0 Å². The summed E-state index contributed by atoms with van der Waals surface area (Å²) in [7, 11) is 1.91. The lowest BCUT2D eigenvalue weighted by atomic mass is 10.1. The average molecular weight is 436 g/mol. The van der Waals surface area contributed by atoms with E-state index in [0.29, 0.717) is 25.6 Å². The normalized spacial score (nSPS) is 21.2. The largest absolute Gasteiger partial charge is 0.444 e. The predicted octanol–water partition coefficient (Wildman–Crippen LogP) is 2.11. The number of guanidine groups is 1. The smallest absolute Gasteiger partial charge is 0.412 e. The Balaban J connectivity index is 2.15. The summed E-state index contributed by atoms with van der Waals surface area (Å²) < 4.78 is 13.6. The molecular weight excluding hydrogens is 398 g/mol. The predicted molar refractivity (Wildman–Crippen MR) is 120 cm³/mol. The van der Waals surface area contributed by atoms with E-state index in [9.17, 15) is 4.79 Å². The monoisotopic (exact) mass is 435 g/mol. The van der Waals surface area contributed by atoms with Gasteiger partial charge < -0.3 is 24.7 Å². The van der Waals surface area contributed by atoms with Crippen LogP contribution >= 0.6 is 0 Å². The Hall–Kier alpha value is -2.62. The van der Waals surface area contributed by atoms with Gasteiger partial charge in [0.2, 0.25) is 0 Å². The first kappa shape index (κ1) is 24.6. The Bertz CT molecular complexity index is 810. The highest BCUT2D eigenvalue weighted by atomic mass is 16.6. The number of aromatic nitrogens is 3. The van der Waals surface area contributed by atoms with Crippen LogP contribution in [0.25, 0.3) is 0 Å². The third-order valence-electron chi connectivity index (χ3n) is 4.97. The molecule has 2 heterocycles. The molecule has 0 aromatic carbocycles. The van der Waals surface area contributed by atoms with Crippen molar-refractivity contribution in [3.05, 3.63) is 24.3 Å². The minimum atomic E-state index is -0.782.